The first-order valence-electron chi connectivity index (χ1n) is 7.57. The highest BCUT2D eigenvalue weighted by atomic mass is 35.5. The van der Waals surface area contributed by atoms with Crippen LogP contribution in [0, 0.1) is 0 Å². The number of benzene rings is 2. The number of sulfonamides is 1. The van der Waals surface area contributed by atoms with Gasteiger partial charge >= 0.3 is 0 Å². The van der Waals surface area contributed by atoms with Crippen LogP contribution < -0.4 is 10.5 Å². The average Bonchev–Trinajstić information content (AvgIpc) is 2.82. The number of para-hydroxylation sites is 1. The lowest BCUT2D eigenvalue weighted by Crippen LogP contribution is -2.24. The van der Waals surface area contributed by atoms with E-state index < -0.39 is 10.0 Å². The summed E-state index contributed by atoms with van der Waals surface area (Å²) >= 11 is 12.3. The lowest BCUT2D eigenvalue weighted by molar-refractivity contribution is 0.0956. The van der Waals surface area contributed by atoms with Gasteiger partial charge in [0.25, 0.3) is 5.91 Å². The second-order valence-corrected chi connectivity index (χ2v) is 8.17. The topological polar surface area (TPSA) is 107 Å². The first-order valence-corrected chi connectivity index (χ1v) is 9.87. The Hall–Kier alpha value is -2.13. The molecule has 3 aromatic rings. The van der Waals surface area contributed by atoms with Crippen LogP contribution in [0.2, 0.25) is 10.0 Å². The van der Waals surface area contributed by atoms with Crippen LogP contribution in [0.15, 0.2) is 35.2 Å². The fourth-order valence-electron chi connectivity index (χ4n) is 3.09. The van der Waals surface area contributed by atoms with Gasteiger partial charge in [0.1, 0.15) is 10.7 Å². The van der Waals surface area contributed by atoms with Gasteiger partial charge in [-0.1, -0.05) is 29.3 Å². The van der Waals surface area contributed by atoms with E-state index in [4.69, 9.17) is 28.3 Å². The number of hydrogen-bond donors (Lipinski definition) is 2. The molecule has 26 heavy (non-hydrogen) atoms. The molecule has 0 spiro atoms. The lowest BCUT2D eigenvalue weighted by Gasteiger charge is -2.11. The van der Waals surface area contributed by atoms with Gasteiger partial charge in [-0.15, -0.1) is 0 Å². The summed E-state index contributed by atoms with van der Waals surface area (Å²) in [5.74, 6) is 0.253. The first kappa shape index (κ1) is 17.3. The molecule has 2 heterocycles. The molecule has 134 valence electrons. The molecule has 0 atom stereocenters. The van der Waals surface area contributed by atoms with Crippen molar-refractivity contribution in [3.63, 3.8) is 0 Å². The summed E-state index contributed by atoms with van der Waals surface area (Å²) < 4.78 is 25.5. The van der Waals surface area contributed by atoms with Gasteiger partial charge in [0.2, 0.25) is 10.0 Å². The molecular weight excluding hydrogens is 399 g/mol. The number of carbonyl (C=O) groups excluding carboxylic acids is 1. The van der Waals surface area contributed by atoms with Gasteiger partial charge in [-0.25, -0.2) is 18.5 Å². The van der Waals surface area contributed by atoms with Crippen LogP contribution in [-0.4, -0.2) is 30.4 Å². The largest absolute Gasteiger partial charge is 0.350 e. The summed E-state index contributed by atoms with van der Waals surface area (Å²) in [7, 11) is -4.03. The number of rotatable bonds is 2. The number of nitrogens with two attached hydrogens (primary N) is 1. The molecule has 0 unspecified atom stereocenters. The van der Waals surface area contributed by atoms with E-state index in [9.17, 15) is 13.2 Å². The van der Waals surface area contributed by atoms with Gasteiger partial charge in [-0.2, -0.15) is 0 Å². The number of amides is 1. The molecule has 10 heteroatoms. The Bertz CT molecular complexity index is 1190. The fourth-order valence-corrected chi connectivity index (χ4v) is 4.49. The number of halogens is 2. The van der Waals surface area contributed by atoms with Crippen molar-refractivity contribution in [1.29, 1.82) is 0 Å². The zero-order chi connectivity index (χ0) is 18.6. The highest BCUT2D eigenvalue weighted by Gasteiger charge is 2.24. The Morgan fingerprint density at radius 3 is 2.65 bits per heavy atom. The minimum absolute atomic E-state index is 0.0641. The predicted molar refractivity (Wildman–Crippen MR) is 98.9 cm³/mol. The normalized spacial score (nSPS) is 14.3. The van der Waals surface area contributed by atoms with E-state index in [0.29, 0.717) is 41.1 Å². The third-order valence-electron chi connectivity index (χ3n) is 4.20. The maximum atomic E-state index is 12.2. The Morgan fingerprint density at radius 1 is 1.15 bits per heavy atom. The molecule has 0 saturated carbocycles. The van der Waals surface area contributed by atoms with E-state index in [0.717, 1.165) is 0 Å². The zero-order valence-electron chi connectivity index (χ0n) is 13.2. The van der Waals surface area contributed by atoms with E-state index in [2.05, 4.69) is 10.3 Å². The predicted octanol–water partition coefficient (Wildman–Crippen LogP) is 2.40. The molecule has 1 aliphatic heterocycles. The van der Waals surface area contributed by atoms with Gasteiger partial charge in [0.05, 0.1) is 26.6 Å². The Balaban J connectivity index is 2.06. The smallest absolute Gasteiger partial charge is 0.253 e. The van der Waals surface area contributed by atoms with Gasteiger partial charge in [-0.05, 0) is 24.3 Å². The lowest BCUT2D eigenvalue weighted by atomic mass is 10.1. The third kappa shape index (κ3) is 2.66. The van der Waals surface area contributed by atoms with Crippen LogP contribution in [-0.2, 0) is 16.6 Å². The van der Waals surface area contributed by atoms with Gasteiger partial charge in [-0.3, -0.25) is 4.79 Å². The SMILES string of the molecule is NS(=O)(=O)c1cc(-c2nc3cccc4c3n2CCNC4=O)c(Cl)cc1Cl. The van der Waals surface area contributed by atoms with Crippen LogP contribution in [0.3, 0.4) is 0 Å². The zero-order valence-corrected chi connectivity index (χ0v) is 15.5. The standard InChI is InChI=1S/C16H12Cl2N4O3S/c17-10-7-11(18)13(26(19,24)25)6-9(10)15-21-12-3-1-2-8-14(12)22(15)5-4-20-16(8)23/h1-3,6-7H,4-5H2,(H,20,23)(H2,19,24,25). The molecule has 0 radical (unpaired) electrons. The van der Waals surface area contributed by atoms with E-state index in [-0.39, 0.29) is 20.8 Å². The minimum Gasteiger partial charge on any atom is -0.350 e. The van der Waals surface area contributed by atoms with Gasteiger partial charge in [0.15, 0.2) is 0 Å². The molecule has 4 rings (SSSR count). The maximum absolute atomic E-state index is 12.2. The van der Waals surface area contributed by atoms with Crippen LogP contribution in [0.4, 0.5) is 0 Å². The molecule has 3 N–H and O–H groups in total. The molecule has 1 amide bonds. The molecule has 0 aliphatic carbocycles. The summed E-state index contributed by atoms with van der Waals surface area (Å²) in [6.07, 6.45) is 0. The monoisotopic (exact) mass is 410 g/mol. The Kier molecular flexibility index (Phi) is 3.96. The highest BCUT2D eigenvalue weighted by molar-refractivity contribution is 7.89. The summed E-state index contributed by atoms with van der Waals surface area (Å²) in [6, 6.07) is 7.87. The van der Waals surface area contributed by atoms with Crippen molar-refractivity contribution in [1.82, 2.24) is 14.9 Å². The number of primary sulfonamides is 1. The fraction of sp³-hybridized carbons (Fsp3) is 0.125. The summed E-state index contributed by atoms with van der Waals surface area (Å²) in [4.78, 5) is 16.6. The summed E-state index contributed by atoms with van der Waals surface area (Å²) in [5, 5.41) is 8.23. The third-order valence-corrected chi connectivity index (χ3v) is 5.89. The van der Waals surface area contributed by atoms with E-state index in [1.165, 1.54) is 12.1 Å². The van der Waals surface area contributed by atoms with Crippen molar-refractivity contribution >= 4 is 50.2 Å². The molecular formula is C16H12Cl2N4O3S. The molecule has 0 fully saturated rings. The highest BCUT2D eigenvalue weighted by Crippen LogP contribution is 2.36. The van der Waals surface area contributed by atoms with Crippen molar-refractivity contribution in [2.24, 2.45) is 5.14 Å². The number of imidazole rings is 1. The van der Waals surface area contributed by atoms with E-state index in [1.807, 2.05) is 4.57 Å². The quantitative estimate of drug-likeness (QED) is 0.675. The van der Waals surface area contributed by atoms with Crippen molar-refractivity contribution in [2.75, 3.05) is 6.54 Å². The van der Waals surface area contributed by atoms with Crippen molar-refractivity contribution < 1.29 is 13.2 Å². The van der Waals surface area contributed by atoms with Crippen molar-refractivity contribution in [3.05, 3.63) is 45.9 Å². The van der Waals surface area contributed by atoms with Crippen LogP contribution >= 0.6 is 23.2 Å². The molecule has 0 bridgehead atoms. The average molecular weight is 411 g/mol. The van der Waals surface area contributed by atoms with Gasteiger partial charge < -0.3 is 9.88 Å². The molecule has 1 aromatic heterocycles. The summed E-state index contributed by atoms with van der Waals surface area (Å²) in [5.41, 5.74) is 2.14. The van der Waals surface area contributed by atoms with Gasteiger partial charge in [0, 0.05) is 18.7 Å². The Labute approximate surface area is 158 Å². The molecule has 1 aliphatic rings. The Morgan fingerprint density at radius 2 is 1.92 bits per heavy atom. The second-order valence-electron chi connectivity index (χ2n) is 5.82. The summed E-state index contributed by atoms with van der Waals surface area (Å²) in [6.45, 7) is 0.859. The maximum Gasteiger partial charge on any atom is 0.253 e. The van der Waals surface area contributed by atoms with E-state index >= 15 is 0 Å². The number of nitrogens with one attached hydrogen (secondary N) is 1. The number of carbonyl (C=O) groups is 1. The van der Waals surface area contributed by atoms with Crippen LogP contribution in [0.25, 0.3) is 22.4 Å². The van der Waals surface area contributed by atoms with E-state index in [1.54, 1.807) is 18.2 Å². The molecule has 7 nitrogen and oxygen atoms in total. The molecule has 0 saturated heterocycles. The first-order chi connectivity index (χ1) is 12.3. The van der Waals surface area contributed by atoms with Crippen molar-refractivity contribution in [3.8, 4) is 11.4 Å². The second kappa shape index (κ2) is 5.95. The minimum atomic E-state index is -4.03. The molecule has 2 aromatic carbocycles. The number of aromatic nitrogens is 2. The number of hydrogen-bond acceptors (Lipinski definition) is 4. The van der Waals surface area contributed by atoms with Crippen LogP contribution in [0.1, 0.15) is 10.4 Å². The van der Waals surface area contributed by atoms with Crippen molar-refractivity contribution in [2.45, 2.75) is 11.4 Å². The van der Waals surface area contributed by atoms with Crippen LogP contribution in [0.5, 0.6) is 0 Å². The number of nitrogens with zero attached hydrogens (tertiary/aromatic N) is 2.